The summed E-state index contributed by atoms with van der Waals surface area (Å²) < 4.78 is 3.86. The van der Waals surface area contributed by atoms with Crippen LogP contribution in [-0.2, 0) is 19.1 Å². The van der Waals surface area contributed by atoms with Crippen LogP contribution in [0.25, 0.3) is 0 Å². The Hall–Kier alpha value is -0.630. The van der Waals surface area contributed by atoms with E-state index in [-0.39, 0.29) is 29.6 Å². The zero-order valence-corrected chi connectivity index (χ0v) is 5.76. The molecule has 0 aliphatic carbocycles. The van der Waals surface area contributed by atoms with Crippen LogP contribution in [0.1, 0.15) is 0 Å². The average Bonchev–Trinajstić information content (AvgIpc) is 1.98. The van der Waals surface area contributed by atoms with Crippen molar-refractivity contribution in [1.82, 2.24) is 0 Å². The van der Waals surface area contributed by atoms with E-state index in [0.717, 1.165) is 0 Å². The quantitative estimate of drug-likeness (QED) is 0.260. The van der Waals surface area contributed by atoms with Crippen molar-refractivity contribution in [3.63, 3.8) is 0 Å². The third-order valence-electron chi connectivity index (χ3n) is 0.795. The number of aliphatic hydroxyl groups excluding tert-OH is 1. The predicted molar refractivity (Wildman–Crippen MR) is 39.4 cm³/mol. The van der Waals surface area contributed by atoms with Crippen molar-refractivity contribution in [3.8, 4) is 0 Å². The molecule has 3 N–H and O–H groups in total. The molecule has 0 aromatic rings. The van der Waals surface area contributed by atoms with Crippen LogP contribution >= 0.6 is 0 Å². The Labute approximate surface area is 94.6 Å². The number of aliphatic carboxylic acids is 2. The van der Waals surface area contributed by atoms with Crippen LogP contribution in [0.2, 0.25) is 0 Å². The van der Waals surface area contributed by atoms with Gasteiger partial charge in [-0.2, -0.15) is 0 Å². The molecule has 0 saturated heterocycles. The SMILES string of the molecule is O=C(O)COC(=O)C(O)C(=O)O.[NaH]. The van der Waals surface area contributed by atoms with Crippen LogP contribution in [0.15, 0.2) is 0 Å². The van der Waals surface area contributed by atoms with Gasteiger partial charge in [-0.15, -0.1) is 0 Å². The van der Waals surface area contributed by atoms with Crippen molar-refractivity contribution >= 4 is 47.5 Å². The van der Waals surface area contributed by atoms with E-state index in [1.165, 1.54) is 0 Å². The summed E-state index contributed by atoms with van der Waals surface area (Å²) in [5.41, 5.74) is 0. The number of carboxylic acids is 2. The summed E-state index contributed by atoms with van der Waals surface area (Å²) in [5.74, 6) is -4.71. The number of carbonyl (C=O) groups excluding carboxylic acids is 1. The molecule has 1 unspecified atom stereocenters. The third-order valence-corrected chi connectivity index (χ3v) is 0.795. The second-order valence-corrected chi connectivity index (χ2v) is 1.74. The number of carboxylic acid groups (broad SMARTS) is 2. The maximum absolute atomic E-state index is 10.4. The van der Waals surface area contributed by atoms with Gasteiger partial charge in [0, 0.05) is 0 Å². The predicted octanol–water partition coefficient (Wildman–Crippen LogP) is -2.59. The molecule has 0 spiro atoms. The number of esters is 1. The summed E-state index contributed by atoms with van der Waals surface area (Å²) in [4.78, 5) is 30.0. The standard InChI is InChI=1S/C5H6O7.Na.H/c6-2(7)1-12-5(11)3(8)4(9)10;;/h3,8H,1H2,(H,6,7)(H,9,10);;. The maximum atomic E-state index is 10.4. The van der Waals surface area contributed by atoms with Crippen LogP contribution in [-0.4, -0.2) is 75.5 Å². The fraction of sp³-hybridized carbons (Fsp3) is 0.400. The fourth-order valence-corrected chi connectivity index (χ4v) is 0.313. The van der Waals surface area contributed by atoms with Crippen molar-refractivity contribution in [1.29, 1.82) is 0 Å². The number of aliphatic hydroxyl groups is 1. The van der Waals surface area contributed by atoms with E-state index < -0.39 is 30.6 Å². The van der Waals surface area contributed by atoms with Gasteiger partial charge in [-0.1, -0.05) is 0 Å². The first kappa shape index (κ1) is 14.9. The summed E-state index contributed by atoms with van der Waals surface area (Å²) in [5, 5.41) is 24.4. The number of ether oxygens (including phenoxy) is 1. The zero-order valence-electron chi connectivity index (χ0n) is 5.76. The van der Waals surface area contributed by atoms with Gasteiger partial charge in [0.15, 0.2) is 6.61 Å². The number of hydrogen-bond acceptors (Lipinski definition) is 5. The van der Waals surface area contributed by atoms with Crippen LogP contribution in [0.3, 0.4) is 0 Å². The van der Waals surface area contributed by atoms with Crippen molar-refractivity contribution in [2.45, 2.75) is 6.10 Å². The summed E-state index contributed by atoms with van der Waals surface area (Å²) in [6, 6.07) is 0. The third kappa shape index (κ3) is 6.52. The van der Waals surface area contributed by atoms with Crippen LogP contribution in [0, 0.1) is 0 Å². The van der Waals surface area contributed by atoms with Gasteiger partial charge in [0.25, 0.3) is 0 Å². The Kier molecular flexibility index (Phi) is 7.82. The summed E-state index contributed by atoms with van der Waals surface area (Å²) >= 11 is 0. The molecular formula is C5H7NaO7. The molecule has 0 saturated carbocycles. The molecule has 1 atom stereocenters. The van der Waals surface area contributed by atoms with E-state index >= 15 is 0 Å². The first-order chi connectivity index (χ1) is 5.45. The zero-order chi connectivity index (χ0) is 9.72. The van der Waals surface area contributed by atoms with Crippen molar-refractivity contribution in [3.05, 3.63) is 0 Å². The van der Waals surface area contributed by atoms with E-state index in [4.69, 9.17) is 15.3 Å². The molecular weight excluding hydrogens is 195 g/mol. The summed E-state index contributed by atoms with van der Waals surface area (Å²) in [6.07, 6.45) is -2.33. The molecule has 13 heavy (non-hydrogen) atoms. The Balaban J connectivity index is 0. The second-order valence-electron chi connectivity index (χ2n) is 1.74. The average molecular weight is 202 g/mol. The molecule has 0 aromatic carbocycles. The van der Waals surface area contributed by atoms with Gasteiger partial charge in [-0.25, -0.2) is 14.4 Å². The molecule has 7 nitrogen and oxygen atoms in total. The topological polar surface area (TPSA) is 121 Å². The van der Waals surface area contributed by atoms with E-state index in [2.05, 4.69) is 4.74 Å². The first-order valence-electron chi connectivity index (χ1n) is 2.74. The van der Waals surface area contributed by atoms with E-state index in [0.29, 0.717) is 0 Å². The number of rotatable bonds is 4. The Bertz CT molecular complexity index is 213. The van der Waals surface area contributed by atoms with Crippen LogP contribution in [0.5, 0.6) is 0 Å². The number of carbonyl (C=O) groups is 3. The first-order valence-corrected chi connectivity index (χ1v) is 2.74. The molecule has 0 fully saturated rings. The van der Waals surface area contributed by atoms with Gasteiger partial charge >= 0.3 is 47.5 Å². The molecule has 0 radical (unpaired) electrons. The van der Waals surface area contributed by atoms with Crippen LogP contribution < -0.4 is 0 Å². The van der Waals surface area contributed by atoms with E-state index in [1.54, 1.807) is 0 Å². The van der Waals surface area contributed by atoms with E-state index in [9.17, 15) is 14.4 Å². The minimum absolute atomic E-state index is 0. The minimum atomic E-state index is -2.33. The van der Waals surface area contributed by atoms with Crippen molar-refractivity contribution < 1.29 is 34.4 Å². The molecule has 0 amide bonds. The monoisotopic (exact) mass is 202 g/mol. The second kappa shape index (κ2) is 6.84. The van der Waals surface area contributed by atoms with E-state index in [1.807, 2.05) is 0 Å². The van der Waals surface area contributed by atoms with Gasteiger partial charge < -0.3 is 20.1 Å². The van der Waals surface area contributed by atoms with Gasteiger partial charge in [0.2, 0.25) is 6.10 Å². The molecule has 8 heteroatoms. The summed E-state index contributed by atoms with van der Waals surface area (Å²) in [7, 11) is 0. The van der Waals surface area contributed by atoms with Crippen molar-refractivity contribution in [2.75, 3.05) is 6.61 Å². The van der Waals surface area contributed by atoms with Gasteiger partial charge in [-0.3, -0.25) is 0 Å². The molecule has 0 heterocycles. The van der Waals surface area contributed by atoms with Gasteiger partial charge in [0.05, 0.1) is 0 Å². The van der Waals surface area contributed by atoms with Crippen molar-refractivity contribution in [2.24, 2.45) is 0 Å². The molecule has 70 valence electrons. The molecule has 0 bridgehead atoms. The molecule has 0 aliphatic rings. The molecule has 0 rings (SSSR count). The molecule has 0 aliphatic heterocycles. The fourth-order valence-electron chi connectivity index (χ4n) is 0.313. The van der Waals surface area contributed by atoms with Crippen LogP contribution in [0.4, 0.5) is 0 Å². The normalized spacial score (nSPS) is 10.8. The number of hydrogen-bond donors (Lipinski definition) is 3. The summed E-state index contributed by atoms with van der Waals surface area (Å²) in [6.45, 7) is -0.969. The Morgan fingerprint density at radius 3 is 2.00 bits per heavy atom. The Morgan fingerprint density at radius 1 is 1.23 bits per heavy atom. The molecule has 0 aromatic heterocycles. The Morgan fingerprint density at radius 2 is 1.69 bits per heavy atom. The van der Waals surface area contributed by atoms with Gasteiger partial charge in [0.1, 0.15) is 0 Å². The van der Waals surface area contributed by atoms with Gasteiger partial charge in [-0.05, 0) is 0 Å².